The zero-order chi connectivity index (χ0) is 17.9. The number of benzene rings is 3. The number of para-hydroxylation sites is 1. The number of aryl methyl sites for hydroxylation is 1. The molecule has 3 nitrogen and oxygen atoms in total. The summed E-state index contributed by atoms with van der Waals surface area (Å²) in [7, 11) is -3.62. The summed E-state index contributed by atoms with van der Waals surface area (Å²) in [5.74, 6) is 0. The minimum Gasteiger partial charge on any atom is -0.266 e. The van der Waals surface area contributed by atoms with E-state index in [1.807, 2.05) is 80.6 Å². The molecule has 0 atom stereocenters. The molecule has 0 aliphatic heterocycles. The van der Waals surface area contributed by atoms with Crippen molar-refractivity contribution in [3.8, 4) is 11.1 Å². The Morgan fingerprint density at radius 1 is 0.800 bits per heavy atom. The Kier molecular flexibility index (Phi) is 4.91. The van der Waals surface area contributed by atoms with Gasteiger partial charge in [-0.05, 0) is 37.6 Å². The molecule has 3 rings (SSSR count). The number of nitrogens with zero attached hydrogens (tertiary/aromatic N) is 1. The van der Waals surface area contributed by atoms with Gasteiger partial charge in [-0.15, -0.1) is 0 Å². The predicted molar refractivity (Wildman–Crippen MR) is 103 cm³/mol. The lowest BCUT2D eigenvalue weighted by molar-refractivity contribution is 0.592. The quantitative estimate of drug-likeness (QED) is 0.657. The molecule has 25 heavy (non-hydrogen) atoms. The Bertz CT molecular complexity index is 949. The lowest BCUT2D eigenvalue weighted by Gasteiger charge is -2.25. The molecule has 4 heteroatoms. The first-order valence-electron chi connectivity index (χ1n) is 8.28. The van der Waals surface area contributed by atoms with E-state index in [1.54, 1.807) is 12.1 Å². The monoisotopic (exact) mass is 351 g/mol. The van der Waals surface area contributed by atoms with Crippen molar-refractivity contribution in [1.82, 2.24) is 0 Å². The third-order valence-corrected chi connectivity index (χ3v) is 6.06. The Hall–Kier alpha value is -2.59. The maximum absolute atomic E-state index is 13.2. The SMILES string of the molecule is CCN(c1ccccc1-c1ccccc1)S(=O)(=O)c1ccc(C)cc1. The van der Waals surface area contributed by atoms with E-state index in [0.29, 0.717) is 17.1 Å². The minimum absolute atomic E-state index is 0.308. The first-order chi connectivity index (χ1) is 12.0. The van der Waals surface area contributed by atoms with Crippen LogP contribution in [0.1, 0.15) is 12.5 Å². The second kappa shape index (κ2) is 7.11. The fourth-order valence-electron chi connectivity index (χ4n) is 2.86. The Balaban J connectivity index is 2.12. The zero-order valence-electron chi connectivity index (χ0n) is 14.4. The van der Waals surface area contributed by atoms with E-state index in [4.69, 9.17) is 0 Å². The highest BCUT2D eigenvalue weighted by Gasteiger charge is 2.25. The van der Waals surface area contributed by atoms with Gasteiger partial charge in [0.25, 0.3) is 10.0 Å². The molecule has 0 unspecified atom stereocenters. The van der Waals surface area contributed by atoms with Crippen LogP contribution in [0.5, 0.6) is 0 Å². The van der Waals surface area contributed by atoms with Gasteiger partial charge in [0.1, 0.15) is 0 Å². The van der Waals surface area contributed by atoms with Gasteiger partial charge in [-0.3, -0.25) is 4.31 Å². The summed E-state index contributed by atoms with van der Waals surface area (Å²) in [5.41, 5.74) is 3.62. The van der Waals surface area contributed by atoms with Crippen molar-refractivity contribution in [3.63, 3.8) is 0 Å². The Labute approximate surface area is 149 Å². The summed E-state index contributed by atoms with van der Waals surface area (Å²) in [4.78, 5) is 0.308. The van der Waals surface area contributed by atoms with Crippen molar-refractivity contribution in [2.24, 2.45) is 0 Å². The first-order valence-corrected chi connectivity index (χ1v) is 9.72. The normalized spacial score (nSPS) is 11.3. The molecule has 0 saturated carbocycles. The predicted octanol–water partition coefficient (Wildman–Crippen LogP) is 4.88. The maximum Gasteiger partial charge on any atom is 0.264 e. The highest BCUT2D eigenvalue weighted by atomic mass is 32.2. The van der Waals surface area contributed by atoms with E-state index in [2.05, 4.69) is 0 Å². The van der Waals surface area contributed by atoms with Gasteiger partial charge in [0.15, 0.2) is 0 Å². The average Bonchev–Trinajstić information content (AvgIpc) is 2.64. The molecule has 0 spiro atoms. The van der Waals surface area contributed by atoms with Crippen molar-refractivity contribution in [2.45, 2.75) is 18.7 Å². The fourth-order valence-corrected chi connectivity index (χ4v) is 4.35. The highest BCUT2D eigenvalue weighted by molar-refractivity contribution is 7.92. The molecule has 128 valence electrons. The third kappa shape index (κ3) is 3.44. The second-order valence-electron chi connectivity index (χ2n) is 5.87. The van der Waals surface area contributed by atoms with Gasteiger partial charge in [0.2, 0.25) is 0 Å². The molecule has 3 aromatic carbocycles. The van der Waals surface area contributed by atoms with E-state index in [1.165, 1.54) is 4.31 Å². The molecule has 0 N–H and O–H groups in total. The van der Waals surface area contributed by atoms with Crippen molar-refractivity contribution in [3.05, 3.63) is 84.4 Å². The molecule has 0 aromatic heterocycles. The van der Waals surface area contributed by atoms with Gasteiger partial charge in [0.05, 0.1) is 10.6 Å². The number of rotatable bonds is 5. The minimum atomic E-state index is -3.62. The third-order valence-electron chi connectivity index (χ3n) is 4.15. The van der Waals surface area contributed by atoms with Gasteiger partial charge in [-0.25, -0.2) is 8.42 Å². The van der Waals surface area contributed by atoms with Crippen LogP contribution in [-0.4, -0.2) is 15.0 Å². The van der Waals surface area contributed by atoms with Crippen LogP contribution in [0.4, 0.5) is 5.69 Å². The number of hydrogen-bond acceptors (Lipinski definition) is 2. The largest absolute Gasteiger partial charge is 0.266 e. The smallest absolute Gasteiger partial charge is 0.264 e. The van der Waals surface area contributed by atoms with Gasteiger partial charge >= 0.3 is 0 Å². The Morgan fingerprint density at radius 2 is 1.40 bits per heavy atom. The van der Waals surface area contributed by atoms with Gasteiger partial charge in [0, 0.05) is 12.1 Å². The summed E-state index contributed by atoms with van der Waals surface area (Å²) >= 11 is 0. The standard InChI is InChI=1S/C21H21NO2S/c1-3-22(25(23,24)19-15-13-17(2)14-16-19)21-12-8-7-11-20(21)18-9-5-4-6-10-18/h4-16H,3H2,1-2H3. The summed E-state index contributed by atoms with van der Waals surface area (Å²) in [6, 6.07) is 24.4. The van der Waals surface area contributed by atoms with E-state index in [0.717, 1.165) is 16.7 Å². The number of sulfonamides is 1. The van der Waals surface area contributed by atoms with E-state index in [9.17, 15) is 8.42 Å². The van der Waals surface area contributed by atoms with Gasteiger partial charge in [-0.1, -0.05) is 66.2 Å². The average molecular weight is 351 g/mol. The molecule has 3 aromatic rings. The molecular weight excluding hydrogens is 330 g/mol. The summed E-state index contributed by atoms with van der Waals surface area (Å²) in [6.45, 7) is 4.16. The van der Waals surface area contributed by atoms with E-state index < -0.39 is 10.0 Å². The topological polar surface area (TPSA) is 37.4 Å². The molecule has 0 fully saturated rings. The van der Waals surface area contributed by atoms with Crippen LogP contribution in [-0.2, 0) is 10.0 Å². The van der Waals surface area contributed by atoms with E-state index >= 15 is 0 Å². The lowest BCUT2D eigenvalue weighted by atomic mass is 10.0. The molecule has 0 amide bonds. The molecule has 0 radical (unpaired) electrons. The summed E-state index contributed by atoms with van der Waals surface area (Å²) < 4.78 is 27.8. The summed E-state index contributed by atoms with van der Waals surface area (Å²) in [6.07, 6.45) is 0. The number of anilines is 1. The van der Waals surface area contributed by atoms with Crippen molar-refractivity contribution >= 4 is 15.7 Å². The lowest BCUT2D eigenvalue weighted by Crippen LogP contribution is -2.31. The van der Waals surface area contributed by atoms with Gasteiger partial charge < -0.3 is 0 Å². The molecule has 0 saturated heterocycles. The molecule has 0 bridgehead atoms. The van der Waals surface area contributed by atoms with Crippen molar-refractivity contribution in [2.75, 3.05) is 10.8 Å². The van der Waals surface area contributed by atoms with Crippen LogP contribution >= 0.6 is 0 Å². The summed E-state index contributed by atoms with van der Waals surface area (Å²) in [5, 5.41) is 0. The zero-order valence-corrected chi connectivity index (χ0v) is 15.2. The van der Waals surface area contributed by atoms with Crippen LogP contribution in [0.15, 0.2) is 83.8 Å². The fraction of sp³-hybridized carbons (Fsp3) is 0.143. The highest BCUT2D eigenvalue weighted by Crippen LogP contribution is 2.33. The van der Waals surface area contributed by atoms with Crippen molar-refractivity contribution < 1.29 is 8.42 Å². The van der Waals surface area contributed by atoms with Crippen molar-refractivity contribution in [1.29, 1.82) is 0 Å². The Morgan fingerprint density at radius 3 is 2.04 bits per heavy atom. The van der Waals surface area contributed by atoms with Crippen LogP contribution < -0.4 is 4.31 Å². The first kappa shape index (κ1) is 17.2. The van der Waals surface area contributed by atoms with E-state index in [-0.39, 0.29) is 0 Å². The molecule has 0 heterocycles. The number of hydrogen-bond donors (Lipinski definition) is 0. The molecule has 0 aliphatic rings. The molecular formula is C21H21NO2S. The van der Waals surface area contributed by atoms with Gasteiger partial charge in [-0.2, -0.15) is 0 Å². The maximum atomic E-state index is 13.2. The van der Waals surface area contributed by atoms with Crippen LogP contribution in [0.3, 0.4) is 0 Å². The van der Waals surface area contributed by atoms with Crippen LogP contribution in [0.2, 0.25) is 0 Å². The second-order valence-corrected chi connectivity index (χ2v) is 7.73. The molecule has 0 aliphatic carbocycles. The van der Waals surface area contributed by atoms with Crippen LogP contribution in [0.25, 0.3) is 11.1 Å². The van der Waals surface area contributed by atoms with Crippen LogP contribution in [0, 0.1) is 6.92 Å².